The van der Waals surface area contributed by atoms with Gasteiger partial charge in [-0.1, -0.05) is 62.4 Å². The summed E-state index contributed by atoms with van der Waals surface area (Å²) in [5.41, 5.74) is 4.41. The summed E-state index contributed by atoms with van der Waals surface area (Å²) in [4.78, 5) is 67.4. The van der Waals surface area contributed by atoms with Crippen LogP contribution in [0.2, 0.25) is 0 Å². The number of rotatable bonds is 13. The maximum absolute atomic E-state index is 13.5. The summed E-state index contributed by atoms with van der Waals surface area (Å²) in [6, 6.07) is 16.0. The molecule has 54 heavy (non-hydrogen) atoms. The molecule has 4 amide bonds. The molecule has 1 unspecified atom stereocenters. The van der Waals surface area contributed by atoms with Crippen molar-refractivity contribution in [1.29, 1.82) is 0 Å². The number of carbonyl (C=O) groups is 4. The summed E-state index contributed by atoms with van der Waals surface area (Å²) in [6.45, 7) is 5.28. The Bertz CT molecular complexity index is 1860. The molecular formula is C42H48N6O4S2. The Morgan fingerprint density at radius 1 is 0.611 bits per heavy atom. The van der Waals surface area contributed by atoms with Crippen LogP contribution in [0.25, 0.3) is 32.0 Å². The average Bonchev–Trinajstić information content (AvgIpc) is 3.96. The Balaban J connectivity index is 0.898. The van der Waals surface area contributed by atoms with E-state index < -0.39 is 12.1 Å². The van der Waals surface area contributed by atoms with Crippen LogP contribution in [0, 0.1) is 11.8 Å². The number of carbonyl (C=O) groups excluding carboxylic acids is 4. The molecule has 8 rings (SSSR count). The first kappa shape index (κ1) is 36.6. The highest BCUT2D eigenvalue weighted by atomic mass is 32.1. The quantitative estimate of drug-likeness (QED) is 0.145. The number of nitrogens with zero attached hydrogens (tertiary/aromatic N) is 4. The van der Waals surface area contributed by atoms with Crippen LogP contribution in [0.5, 0.6) is 0 Å². The lowest BCUT2D eigenvalue weighted by Crippen LogP contribution is -2.48. The third-order valence-corrected chi connectivity index (χ3v) is 13.6. The van der Waals surface area contributed by atoms with E-state index in [0.717, 1.165) is 93.4 Å². The second kappa shape index (κ2) is 15.7. The topological polar surface area (TPSA) is 125 Å². The minimum Gasteiger partial charge on any atom is -0.344 e. The van der Waals surface area contributed by atoms with E-state index in [1.165, 1.54) is 0 Å². The van der Waals surface area contributed by atoms with Crippen LogP contribution in [0.3, 0.4) is 0 Å². The molecule has 4 fully saturated rings. The molecule has 2 aromatic carbocycles. The van der Waals surface area contributed by atoms with Crippen molar-refractivity contribution in [1.82, 2.24) is 30.4 Å². The van der Waals surface area contributed by atoms with Gasteiger partial charge in [-0.15, -0.1) is 22.7 Å². The van der Waals surface area contributed by atoms with Crippen LogP contribution in [0.1, 0.15) is 100 Å². The Labute approximate surface area is 324 Å². The molecule has 2 aliphatic carbocycles. The van der Waals surface area contributed by atoms with E-state index >= 15 is 0 Å². The largest absolute Gasteiger partial charge is 0.344 e. The van der Waals surface area contributed by atoms with Gasteiger partial charge in [0.2, 0.25) is 23.6 Å². The van der Waals surface area contributed by atoms with E-state index in [2.05, 4.69) is 59.2 Å². The van der Waals surface area contributed by atoms with Crippen molar-refractivity contribution in [3.05, 3.63) is 70.9 Å². The summed E-state index contributed by atoms with van der Waals surface area (Å²) in [5, 5.41) is 7.88. The molecular weight excluding hydrogens is 717 g/mol. The molecule has 0 radical (unpaired) electrons. The monoisotopic (exact) mass is 764 g/mol. The predicted molar refractivity (Wildman–Crippen MR) is 211 cm³/mol. The number of thiazole rings is 2. The summed E-state index contributed by atoms with van der Waals surface area (Å²) >= 11 is 3.28. The third-order valence-electron chi connectivity index (χ3n) is 11.3. The lowest BCUT2D eigenvalue weighted by Gasteiger charge is -2.28. The van der Waals surface area contributed by atoms with Crippen molar-refractivity contribution in [3.8, 4) is 32.0 Å². The summed E-state index contributed by atoms with van der Waals surface area (Å²) in [7, 11) is 0. The van der Waals surface area contributed by atoms with Crippen molar-refractivity contribution in [2.75, 3.05) is 13.1 Å². The summed E-state index contributed by atoms with van der Waals surface area (Å²) in [5.74, 6) is 0.176. The smallest absolute Gasteiger partial charge is 0.245 e. The standard InChI is InChI=1S/C42H48N6O4S2/c1-3-31(45-37(49)29-17-18-29)41(51)47-21-5-7-33(47)39-43-23-35(53-39)27-13-9-25(10-14-27)26-11-15-28(16-12-26)36-24-44-40(54-36)34-8-6-22-48(34)42(52)32(4-2)46-38(50)30-19-20-30/h9-16,23-24,29-34H,3-8,17-22H2,1-2H3,(H,45,49)(H,46,50)/t31-,32-,33+,34?/m1/s1. The SMILES string of the molecule is CC[C@@H](NC(=O)C1CC1)C(=O)N1CCCC1c1ncc(-c2ccc(-c3ccc(-c4cnc([C@@H]5CCCN5C(=O)[C@@H](CC)NC(=O)C5CC5)s4)cc3)cc2)s1. The fourth-order valence-electron chi connectivity index (χ4n) is 7.73. The second-order valence-corrected chi connectivity index (χ2v) is 17.3. The minimum atomic E-state index is -0.480. The highest BCUT2D eigenvalue weighted by Crippen LogP contribution is 2.40. The normalized spacial score (nSPS) is 20.9. The number of amides is 4. The maximum Gasteiger partial charge on any atom is 0.245 e. The zero-order valence-corrected chi connectivity index (χ0v) is 32.6. The first-order valence-corrected chi connectivity index (χ1v) is 21.3. The van der Waals surface area contributed by atoms with E-state index in [-0.39, 0.29) is 47.5 Å². The van der Waals surface area contributed by atoms with E-state index in [1.807, 2.05) is 36.0 Å². The average molecular weight is 765 g/mol. The van der Waals surface area contributed by atoms with Crippen LogP contribution in [0.15, 0.2) is 60.9 Å². The van der Waals surface area contributed by atoms with E-state index in [4.69, 9.17) is 9.97 Å². The highest BCUT2D eigenvalue weighted by molar-refractivity contribution is 7.15. The van der Waals surface area contributed by atoms with Crippen LogP contribution in [-0.4, -0.2) is 68.6 Å². The first-order chi connectivity index (χ1) is 26.3. The van der Waals surface area contributed by atoms with Crippen LogP contribution < -0.4 is 10.6 Å². The number of likely N-dealkylation sites (tertiary alicyclic amines) is 2. The first-order valence-electron chi connectivity index (χ1n) is 19.7. The van der Waals surface area contributed by atoms with Gasteiger partial charge in [0.15, 0.2) is 0 Å². The third kappa shape index (κ3) is 7.73. The summed E-state index contributed by atoms with van der Waals surface area (Å²) < 4.78 is 0. The van der Waals surface area contributed by atoms with Gasteiger partial charge < -0.3 is 20.4 Å². The van der Waals surface area contributed by atoms with E-state index in [0.29, 0.717) is 25.9 Å². The van der Waals surface area contributed by atoms with Gasteiger partial charge in [0, 0.05) is 37.3 Å². The molecule has 4 atom stereocenters. The molecule has 2 N–H and O–H groups in total. The van der Waals surface area contributed by atoms with Gasteiger partial charge in [0.1, 0.15) is 22.1 Å². The van der Waals surface area contributed by atoms with Gasteiger partial charge in [0.25, 0.3) is 0 Å². The highest BCUT2D eigenvalue weighted by Gasteiger charge is 2.39. The molecule has 4 aliphatic rings. The molecule has 2 aromatic heterocycles. The number of aromatic nitrogens is 2. The molecule has 2 saturated heterocycles. The Hall–Kier alpha value is -4.42. The van der Waals surface area contributed by atoms with Gasteiger partial charge >= 0.3 is 0 Å². The molecule has 0 spiro atoms. The Kier molecular flexibility index (Phi) is 10.7. The Morgan fingerprint density at radius 3 is 1.33 bits per heavy atom. The zero-order chi connectivity index (χ0) is 37.3. The number of hydrogen-bond donors (Lipinski definition) is 2. The lowest BCUT2D eigenvalue weighted by atomic mass is 10.0. The van der Waals surface area contributed by atoms with Gasteiger partial charge in [-0.05, 0) is 86.5 Å². The maximum atomic E-state index is 13.5. The van der Waals surface area contributed by atoms with Crippen molar-refractivity contribution < 1.29 is 19.2 Å². The molecule has 0 bridgehead atoms. The van der Waals surface area contributed by atoms with Crippen LogP contribution >= 0.6 is 22.7 Å². The van der Waals surface area contributed by atoms with E-state index in [1.54, 1.807) is 22.7 Å². The lowest BCUT2D eigenvalue weighted by molar-refractivity contribution is -0.137. The Morgan fingerprint density at radius 2 is 0.981 bits per heavy atom. The molecule has 2 saturated carbocycles. The van der Waals surface area contributed by atoms with Crippen molar-refractivity contribution in [2.24, 2.45) is 11.8 Å². The minimum absolute atomic E-state index is 0.000934. The van der Waals surface area contributed by atoms with Gasteiger partial charge in [-0.2, -0.15) is 0 Å². The van der Waals surface area contributed by atoms with Crippen LogP contribution in [-0.2, 0) is 19.2 Å². The van der Waals surface area contributed by atoms with Gasteiger partial charge in [0.05, 0.1) is 21.8 Å². The number of nitrogens with one attached hydrogen (secondary N) is 2. The van der Waals surface area contributed by atoms with Crippen molar-refractivity contribution >= 4 is 46.3 Å². The predicted octanol–water partition coefficient (Wildman–Crippen LogP) is 7.54. The number of hydrogen-bond acceptors (Lipinski definition) is 8. The molecule has 2 aliphatic heterocycles. The molecule has 12 heteroatoms. The number of benzene rings is 2. The fourth-order valence-corrected chi connectivity index (χ4v) is 9.87. The zero-order valence-electron chi connectivity index (χ0n) is 31.0. The van der Waals surface area contributed by atoms with Crippen molar-refractivity contribution in [2.45, 2.75) is 102 Å². The molecule has 282 valence electrons. The van der Waals surface area contributed by atoms with E-state index in [9.17, 15) is 19.2 Å². The molecule has 10 nitrogen and oxygen atoms in total. The fraction of sp³-hybridized carbons (Fsp3) is 0.476. The second-order valence-electron chi connectivity index (χ2n) is 15.1. The molecule has 4 aromatic rings. The molecule has 4 heterocycles. The summed E-state index contributed by atoms with van der Waals surface area (Å²) in [6.07, 6.45) is 12.3. The van der Waals surface area contributed by atoms with Crippen LogP contribution in [0.4, 0.5) is 0 Å². The van der Waals surface area contributed by atoms with Gasteiger partial charge in [-0.25, -0.2) is 9.97 Å². The van der Waals surface area contributed by atoms with Gasteiger partial charge in [-0.3, -0.25) is 19.2 Å². The van der Waals surface area contributed by atoms with Crippen molar-refractivity contribution in [3.63, 3.8) is 0 Å².